The SMILES string of the molecule is CCc1cc(CC(NC(C)=O)C(=O)NCCCCC(=O)N[C@@H](Cc2ccc([N+](=O)[O-])cc2)C(=O)O)ccc1N(C(=O)C(=O)O)c1ccccc1C(=O)O. The second kappa shape index (κ2) is 19.1. The van der Waals surface area contributed by atoms with Crippen LogP contribution in [0.3, 0.4) is 0 Å². The first-order valence-corrected chi connectivity index (χ1v) is 16.4. The number of rotatable bonds is 18. The summed E-state index contributed by atoms with van der Waals surface area (Å²) in [6.07, 6.45) is 0.797. The van der Waals surface area contributed by atoms with Gasteiger partial charge in [-0.1, -0.05) is 43.3 Å². The van der Waals surface area contributed by atoms with Crippen molar-refractivity contribution in [3.05, 3.63) is 99.1 Å². The Morgan fingerprint density at radius 2 is 1.45 bits per heavy atom. The van der Waals surface area contributed by atoms with Crippen LogP contribution < -0.4 is 20.9 Å². The number of benzene rings is 3. The number of carbonyl (C=O) groups excluding carboxylic acids is 4. The molecule has 3 aromatic rings. The molecule has 280 valence electrons. The number of carboxylic acid groups (broad SMARTS) is 3. The van der Waals surface area contributed by atoms with Crippen molar-refractivity contribution in [2.45, 2.75) is 64.5 Å². The molecule has 4 amide bonds. The number of non-ortho nitro benzene ring substituents is 1. The van der Waals surface area contributed by atoms with Crippen molar-refractivity contribution < 1.29 is 53.8 Å². The molecule has 0 radical (unpaired) electrons. The van der Waals surface area contributed by atoms with E-state index in [1.54, 1.807) is 13.0 Å². The number of carbonyl (C=O) groups is 7. The number of carboxylic acids is 3. The summed E-state index contributed by atoms with van der Waals surface area (Å²) in [6.45, 7) is 3.11. The molecule has 3 aromatic carbocycles. The van der Waals surface area contributed by atoms with E-state index in [9.17, 15) is 59.0 Å². The van der Waals surface area contributed by atoms with E-state index < -0.39 is 58.5 Å². The molecule has 0 spiro atoms. The van der Waals surface area contributed by atoms with E-state index in [4.69, 9.17) is 0 Å². The molecule has 6 N–H and O–H groups in total. The van der Waals surface area contributed by atoms with Crippen LogP contribution in [0.2, 0.25) is 0 Å². The van der Waals surface area contributed by atoms with Crippen molar-refractivity contribution in [2.75, 3.05) is 11.4 Å². The molecule has 0 saturated heterocycles. The lowest BCUT2D eigenvalue weighted by molar-refractivity contribution is -0.384. The predicted octanol–water partition coefficient (Wildman–Crippen LogP) is 2.75. The van der Waals surface area contributed by atoms with E-state index in [1.807, 2.05) is 0 Å². The molecule has 17 heteroatoms. The van der Waals surface area contributed by atoms with Gasteiger partial charge in [0.2, 0.25) is 17.7 Å². The number of aromatic carboxylic acids is 1. The van der Waals surface area contributed by atoms with Gasteiger partial charge >= 0.3 is 23.8 Å². The number of amides is 4. The van der Waals surface area contributed by atoms with Gasteiger partial charge in [0.1, 0.15) is 12.1 Å². The Morgan fingerprint density at radius 3 is 2.04 bits per heavy atom. The quantitative estimate of drug-likeness (QED) is 0.0477. The van der Waals surface area contributed by atoms with E-state index in [0.717, 1.165) is 4.90 Å². The van der Waals surface area contributed by atoms with Crippen LogP contribution in [0, 0.1) is 10.1 Å². The number of anilines is 2. The molecule has 53 heavy (non-hydrogen) atoms. The third kappa shape index (κ3) is 11.7. The van der Waals surface area contributed by atoms with Crippen LogP contribution in [-0.4, -0.2) is 80.4 Å². The van der Waals surface area contributed by atoms with Crippen molar-refractivity contribution in [2.24, 2.45) is 0 Å². The average Bonchev–Trinajstić information content (AvgIpc) is 3.11. The summed E-state index contributed by atoms with van der Waals surface area (Å²) in [5, 5.41) is 47.4. The second-order valence-electron chi connectivity index (χ2n) is 11.9. The molecule has 0 aliphatic heterocycles. The van der Waals surface area contributed by atoms with E-state index in [1.165, 1.54) is 67.6 Å². The van der Waals surface area contributed by atoms with Gasteiger partial charge in [0.05, 0.1) is 21.9 Å². The number of nitrogens with one attached hydrogen (secondary N) is 3. The van der Waals surface area contributed by atoms with Crippen molar-refractivity contribution in [3.63, 3.8) is 0 Å². The Kier molecular flexibility index (Phi) is 14.7. The van der Waals surface area contributed by atoms with Crippen LogP contribution in [0.5, 0.6) is 0 Å². The Balaban J connectivity index is 1.63. The monoisotopic (exact) mass is 733 g/mol. The minimum atomic E-state index is -1.80. The lowest BCUT2D eigenvalue weighted by atomic mass is 9.99. The van der Waals surface area contributed by atoms with Gasteiger partial charge in [-0.2, -0.15) is 0 Å². The second-order valence-corrected chi connectivity index (χ2v) is 11.9. The lowest BCUT2D eigenvalue weighted by Crippen LogP contribution is -2.47. The Labute approximate surface area is 303 Å². The molecule has 0 bridgehead atoms. The lowest BCUT2D eigenvalue weighted by Gasteiger charge is -2.26. The molecule has 0 aliphatic rings. The summed E-state index contributed by atoms with van der Waals surface area (Å²) in [5.74, 6) is -7.37. The third-order valence-corrected chi connectivity index (χ3v) is 8.01. The summed E-state index contributed by atoms with van der Waals surface area (Å²) in [5.41, 5.74) is 1.04. The molecular formula is C36H39N5O12. The van der Waals surface area contributed by atoms with Crippen LogP contribution >= 0.6 is 0 Å². The number of nitro groups is 1. The maximum absolute atomic E-state index is 13.1. The number of aryl methyl sites for hydroxylation is 1. The van der Waals surface area contributed by atoms with Crippen LogP contribution in [0.15, 0.2) is 66.7 Å². The van der Waals surface area contributed by atoms with E-state index in [0.29, 0.717) is 29.5 Å². The first-order chi connectivity index (χ1) is 25.1. The highest BCUT2D eigenvalue weighted by molar-refractivity contribution is 6.39. The first kappa shape index (κ1) is 40.8. The van der Waals surface area contributed by atoms with Gasteiger partial charge in [0.15, 0.2) is 0 Å². The van der Waals surface area contributed by atoms with Gasteiger partial charge < -0.3 is 31.3 Å². The van der Waals surface area contributed by atoms with Crippen molar-refractivity contribution in [3.8, 4) is 0 Å². The zero-order valence-corrected chi connectivity index (χ0v) is 28.9. The van der Waals surface area contributed by atoms with Gasteiger partial charge in [-0.05, 0) is 54.2 Å². The fraction of sp³-hybridized carbons (Fsp3) is 0.306. The van der Waals surface area contributed by atoms with Crippen LogP contribution in [-0.2, 0) is 48.0 Å². The molecule has 3 rings (SSSR count). The average molecular weight is 734 g/mol. The molecule has 0 heterocycles. The number of nitrogens with zero attached hydrogens (tertiary/aromatic N) is 2. The van der Waals surface area contributed by atoms with Crippen molar-refractivity contribution in [1.82, 2.24) is 16.0 Å². The fourth-order valence-corrected chi connectivity index (χ4v) is 5.45. The molecule has 0 aliphatic carbocycles. The number of hydrogen-bond acceptors (Lipinski definition) is 9. The summed E-state index contributed by atoms with van der Waals surface area (Å²) in [4.78, 5) is 96.9. The first-order valence-electron chi connectivity index (χ1n) is 16.4. The normalized spacial score (nSPS) is 11.7. The van der Waals surface area contributed by atoms with E-state index in [-0.39, 0.29) is 54.9 Å². The smallest absolute Gasteiger partial charge is 0.395 e. The number of hydrogen-bond donors (Lipinski definition) is 6. The van der Waals surface area contributed by atoms with Crippen molar-refractivity contribution >= 4 is 58.6 Å². The third-order valence-electron chi connectivity index (χ3n) is 8.01. The summed E-state index contributed by atoms with van der Waals surface area (Å²) < 4.78 is 0. The maximum atomic E-state index is 13.1. The minimum Gasteiger partial charge on any atom is -0.480 e. The van der Waals surface area contributed by atoms with Gasteiger partial charge in [0, 0.05) is 44.9 Å². The van der Waals surface area contributed by atoms with Crippen molar-refractivity contribution in [1.29, 1.82) is 0 Å². The molecule has 2 atom stereocenters. The van der Waals surface area contributed by atoms with E-state index >= 15 is 0 Å². The zero-order valence-electron chi connectivity index (χ0n) is 28.9. The van der Waals surface area contributed by atoms with Gasteiger partial charge in [-0.25, -0.2) is 14.4 Å². The highest BCUT2D eigenvalue weighted by Crippen LogP contribution is 2.33. The summed E-state index contributed by atoms with van der Waals surface area (Å²) in [7, 11) is 0. The van der Waals surface area contributed by atoms with Crippen LogP contribution in [0.1, 0.15) is 60.2 Å². The highest BCUT2D eigenvalue weighted by atomic mass is 16.6. The molecule has 17 nitrogen and oxygen atoms in total. The molecule has 0 saturated carbocycles. The van der Waals surface area contributed by atoms with Gasteiger partial charge in [0.25, 0.3) is 5.69 Å². The fourth-order valence-electron chi connectivity index (χ4n) is 5.45. The topological polar surface area (TPSA) is 263 Å². The predicted molar refractivity (Wildman–Crippen MR) is 189 cm³/mol. The summed E-state index contributed by atoms with van der Waals surface area (Å²) in [6, 6.07) is 13.1. The standard InChI is InChI=1S/C36H39N5O12/c1-3-24-18-23(13-16-29(24)40(33(45)36(50)51)30-9-5-4-8-26(30)34(46)47)20-27(38-21(2)42)32(44)37-17-7-6-10-31(43)39-28(35(48)49)19-22-11-14-25(15-12-22)41(52)53/h4-5,8-9,11-16,18,27-28H,3,6-7,10,17,19-20H2,1-2H3,(H,37,44)(H,38,42)(H,39,43)(H,46,47)(H,48,49)(H,50,51)/t27?,28-/m0/s1. The minimum absolute atomic E-state index is 0.00499. The summed E-state index contributed by atoms with van der Waals surface area (Å²) >= 11 is 0. The molecular weight excluding hydrogens is 694 g/mol. The number of para-hydroxylation sites is 1. The van der Waals surface area contributed by atoms with Gasteiger partial charge in [-0.15, -0.1) is 0 Å². The highest BCUT2D eigenvalue weighted by Gasteiger charge is 2.30. The van der Waals surface area contributed by atoms with Gasteiger partial charge in [-0.3, -0.25) is 34.2 Å². The largest absolute Gasteiger partial charge is 0.480 e. The number of aliphatic carboxylic acids is 2. The zero-order chi connectivity index (χ0) is 39.2. The Bertz CT molecular complexity index is 1880. The number of unbranched alkanes of at least 4 members (excludes halogenated alkanes) is 1. The number of nitro benzene ring substituents is 1. The Morgan fingerprint density at radius 1 is 0.811 bits per heavy atom. The molecule has 0 fully saturated rings. The molecule has 1 unspecified atom stereocenters. The van der Waals surface area contributed by atoms with Crippen LogP contribution in [0.25, 0.3) is 0 Å². The Hall–Kier alpha value is -6.65. The maximum Gasteiger partial charge on any atom is 0.395 e. The van der Waals surface area contributed by atoms with E-state index in [2.05, 4.69) is 16.0 Å². The molecule has 0 aromatic heterocycles. The van der Waals surface area contributed by atoms with Crippen LogP contribution in [0.4, 0.5) is 17.1 Å².